The molecule has 168 valence electrons. The Hall–Kier alpha value is -4.07. The van der Waals surface area contributed by atoms with E-state index >= 15 is 0 Å². The molecule has 0 aliphatic rings. The molecule has 2 heterocycles. The van der Waals surface area contributed by atoms with Gasteiger partial charge in [0, 0.05) is 48.5 Å². The van der Waals surface area contributed by atoms with Crippen molar-refractivity contribution in [1.82, 2.24) is 19.9 Å². The van der Waals surface area contributed by atoms with E-state index in [4.69, 9.17) is 4.74 Å². The van der Waals surface area contributed by atoms with Gasteiger partial charge in [-0.05, 0) is 37.1 Å². The summed E-state index contributed by atoms with van der Waals surface area (Å²) in [5, 5.41) is 0.745. The van der Waals surface area contributed by atoms with Crippen LogP contribution < -0.4 is 0 Å². The molecule has 0 aliphatic heterocycles. The number of fused-ring (bicyclic) bond motifs is 1. The first kappa shape index (κ1) is 22.1. The SMILES string of the molecule is CC(=O)OCN(CCc1c[nH]c2ccc(F)cc12)C(=O)c1nccnc1-c1ccc(C)cc1. The quantitative estimate of drug-likeness (QED) is 0.338. The maximum Gasteiger partial charge on any atom is 0.304 e. The van der Waals surface area contributed by atoms with Crippen LogP contribution in [0.5, 0.6) is 0 Å². The lowest BCUT2D eigenvalue weighted by molar-refractivity contribution is -0.144. The average Bonchev–Trinajstić information content (AvgIpc) is 3.21. The van der Waals surface area contributed by atoms with E-state index < -0.39 is 11.9 Å². The van der Waals surface area contributed by atoms with Gasteiger partial charge >= 0.3 is 5.97 Å². The molecule has 1 amide bonds. The van der Waals surface area contributed by atoms with Gasteiger partial charge in [0.1, 0.15) is 11.5 Å². The highest BCUT2D eigenvalue weighted by atomic mass is 19.1. The number of ether oxygens (including phenoxy) is 1. The molecule has 0 bridgehead atoms. The molecule has 1 N–H and O–H groups in total. The lowest BCUT2D eigenvalue weighted by Gasteiger charge is -2.22. The number of nitrogens with zero attached hydrogens (tertiary/aromatic N) is 3. The van der Waals surface area contributed by atoms with Crippen molar-refractivity contribution in [3.63, 3.8) is 0 Å². The molecule has 0 aliphatic carbocycles. The summed E-state index contributed by atoms with van der Waals surface area (Å²) in [6.45, 7) is 3.27. The molecular weight excluding hydrogens is 423 g/mol. The van der Waals surface area contributed by atoms with Gasteiger partial charge in [-0.1, -0.05) is 29.8 Å². The third-order valence-electron chi connectivity index (χ3n) is 5.32. The van der Waals surface area contributed by atoms with Crippen molar-refractivity contribution in [2.24, 2.45) is 0 Å². The number of aromatic amines is 1. The molecular formula is C25H23FN4O3. The van der Waals surface area contributed by atoms with Crippen LogP contribution in [-0.2, 0) is 16.0 Å². The van der Waals surface area contributed by atoms with Crippen molar-refractivity contribution < 1.29 is 18.7 Å². The molecule has 7 nitrogen and oxygen atoms in total. The number of nitrogens with one attached hydrogen (secondary N) is 1. The van der Waals surface area contributed by atoms with E-state index in [2.05, 4.69) is 15.0 Å². The Balaban J connectivity index is 1.62. The highest BCUT2D eigenvalue weighted by Crippen LogP contribution is 2.23. The standard InChI is InChI=1S/C25H23FN4O3/c1-16-3-5-18(6-4-16)23-24(28-11-10-27-23)25(32)30(15-33-17(2)31)12-9-19-14-29-22-8-7-20(26)13-21(19)22/h3-8,10-11,13-14,29H,9,12,15H2,1-2H3. The van der Waals surface area contributed by atoms with E-state index in [1.54, 1.807) is 12.3 Å². The van der Waals surface area contributed by atoms with Crippen molar-refractivity contribution in [3.05, 3.63) is 83.7 Å². The minimum Gasteiger partial charge on any atom is -0.444 e. The first-order valence-electron chi connectivity index (χ1n) is 10.5. The number of carbonyl (C=O) groups excluding carboxylic acids is 2. The zero-order valence-corrected chi connectivity index (χ0v) is 18.3. The minimum absolute atomic E-state index is 0.165. The Morgan fingerprint density at radius 3 is 2.61 bits per heavy atom. The summed E-state index contributed by atoms with van der Waals surface area (Å²) in [5.41, 5.74) is 4.12. The summed E-state index contributed by atoms with van der Waals surface area (Å²) in [5.74, 6) is -1.25. The van der Waals surface area contributed by atoms with E-state index in [9.17, 15) is 14.0 Å². The Morgan fingerprint density at radius 1 is 1.09 bits per heavy atom. The second kappa shape index (κ2) is 9.60. The fraction of sp³-hybridized carbons (Fsp3) is 0.200. The van der Waals surface area contributed by atoms with E-state index in [0.29, 0.717) is 12.1 Å². The van der Waals surface area contributed by atoms with Gasteiger partial charge in [-0.3, -0.25) is 14.6 Å². The number of carbonyl (C=O) groups is 2. The molecule has 0 radical (unpaired) electrons. The van der Waals surface area contributed by atoms with Crippen LogP contribution in [0.3, 0.4) is 0 Å². The molecule has 4 aromatic rings. The zero-order chi connectivity index (χ0) is 23.4. The van der Waals surface area contributed by atoms with E-state index in [0.717, 1.165) is 27.6 Å². The van der Waals surface area contributed by atoms with Crippen LogP contribution in [0.15, 0.2) is 61.1 Å². The molecule has 33 heavy (non-hydrogen) atoms. The minimum atomic E-state index is -0.500. The fourth-order valence-corrected chi connectivity index (χ4v) is 3.57. The molecule has 0 fully saturated rings. The Labute approximate surface area is 190 Å². The number of H-pyrrole nitrogens is 1. The number of rotatable bonds is 7. The Kier molecular flexibility index (Phi) is 6.44. The highest BCUT2D eigenvalue weighted by Gasteiger charge is 2.23. The lowest BCUT2D eigenvalue weighted by atomic mass is 10.1. The first-order valence-corrected chi connectivity index (χ1v) is 10.5. The third-order valence-corrected chi connectivity index (χ3v) is 5.32. The molecule has 4 rings (SSSR count). The van der Waals surface area contributed by atoms with Gasteiger partial charge in [-0.25, -0.2) is 9.37 Å². The fourth-order valence-electron chi connectivity index (χ4n) is 3.57. The molecule has 0 saturated heterocycles. The largest absolute Gasteiger partial charge is 0.444 e. The van der Waals surface area contributed by atoms with Crippen LogP contribution >= 0.6 is 0 Å². The predicted molar refractivity (Wildman–Crippen MR) is 122 cm³/mol. The van der Waals surface area contributed by atoms with Gasteiger partial charge in [-0.15, -0.1) is 0 Å². The summed E-state index contributed by atoms with van der Waals surface area (Å²) in [6.07, 6.45) is 5.20. The summed E-state index contributed by atoms with van der Waals surface area (Å²) in [7, 11) is 0. The highest BCUT2D eigenvalue weighted by molar-refractivity contribution is 5.98. The van der Waals surface area contributed by atoms with Gasteiger partial charge in [0.15, 0.2) is 12.4 Å². The van der Waals surface area contributed by atoms with Crippen molar-refractivity contribution in [2.45, 2.75) is 20.3 Å². The number of halogens is 1. The topological polar surface area (TPSA) is 88.2 Å². The third kappa shape index (κ3) is 5.06. The van der Waals surface area contributed by atoms with Gasteiger partial charge in [-0.2, -0.15) is 0 Å². The Bertz CT molecular complexity index is 1300. The maximum absolute atomic E-state index is 13.7. The average molecular weight is 446 g/mol. The van der Waals surface area contributed by atoms with Gasteiger partial charge in [0.25, 0.3) is 5.91 Å². The van der Waals surface area contributed by atoms with Crippen LogP contribution in [-0.4, -0.2) is 45.0 Å². The van der Waals surface area contributed by atoms with E-state index in [-0.39, 0.29) is 24.8 Å². The summed E-state index contributed by atoms with van der Waals surface area (Å²) >= 11 is 0. The summed E-state index contributed by atoms with van der Waals surface area (Å²) in [4.78, 5) is 38.1. The van der Waals surface area contributed by atoms with Gasteiger partial charge < -0.3 is 14.6 Å². The van der Waals surface area contributed by atoms with Crippen LogP contribution in [0.25, 0.3) is 22.2 Å². The van der Waals surface area contributed by atoms with Crippen LogP contribution in [0, 0.1) is 12.7 Å². The summed E-state index contributed by atoms with van der Waals surface area (Å²) < 4.78 is 18.9. The molecule has 0 atom stereocenters. The second-order valence-electron chi connectivity index (χ2n) is 7.71. The smallest absolute Gasteiger partial charge is 0.304 e. The predicted octanol–water partition coefficient (Wildman–Crippen LogP) is 4.28. The van der Waals surface area contributed by atoms with Crippen molar-refractivity contribution in [1.29, 1.82) is 0 Å². The molecule has 2 aromatic heterocycles. The monoisotopic (exact) mass is 446 g/mol. The van der Waals surface area contributed by atoms with Crippen molar-refractivity contribution in [3.8, 4) is 11.3 Å². The molecule has 0 unspecified atom stereocenters. The normalized spacial score (nSPS) is 10.9. The summed E-state index contributed by atoms with van der Waals surface area (Å²) in [6, 6.07) is 12.1. The maximum atomic E-state index is 13.7. The molecule has 8 heteroatoms. The van der Waals surface area contributed by atoms with Crippen LogP contribution in [0.2, 0.25) is 0 Å². The lowest BCUT2D eigenvalue weighted by Crippen LogP contribution is -2.36. The van der Waals surface area contributed by atoms with Crippen molar-refractivity contribution in [2.75, 3.05) is 13.3 Å². The number of benzene rings is 2. The number of hydrogen-bond acceptors (Lipinski definition) is 5. The van der Waals surface area contributed by atoms with Crippen molar-refractivity contribution >= 4 is 22.8 Å². The van der Waals surface area contributed by atoms with E-state index in [1.807, 2.05) is 31.2 Å². The van der Waals surface area contributed by atoms with E-state index in [1.165, 1.54) is 36.4 Å². The zero-order valence-electron chi connectivity index (χ0n) is 18.3. The first-order chi connectivity index (χ1) is 15.9. The molecule has 0 saturated carbocycles. The van der Waals surface area contributed by atoms with Gasteiger partial charge in [0.05, 0.1) is 0 Å². The molecule has 0 spiro atoms. The molecule has 2 aromatic carbocycles. The Morgan fingerprint density at radius 2 is 1.85 bits per heavy atom. The number of aryl methyl sites for hydroxylation is 1. The number of esters is 1. The van der Waals surface area contributed by atoms with Crippen LogP contribution in [0.4, 0.5) is 4.39 Å². The van der Waals surface area contributed by atoms with Gasteiger partial charge in [0.2, 0.25) is 0 Å². The number of hydrogen-bond donors (Lipinski definition) is 1. The second-order valence-corrected chi connectivity index (χ2v) is 7.71. The number of amides is 1. The number of aromatic nitrogens is 3. The van der Waals surface area contributed by atoms with Crippen LogP contribution in [0.1, 0.15) is 28.5 Å².